The summed E-state index contributed by atoms with van der Waals surface area (Å²) >= 11 is 0. The van der Waals surface area contributed by atoms with E-state index in [1.807, 2.05) is 36.4 Å². The largest absolute Gasteiger partial charge is 0.478 e. The number of hydrazone groups is 1. The summed E-state index contributed by atoms with van der Waals surface area (Å²) in [7, 11) is 0. The molecular weight excluding hydrogens is 216 g/mol. The molecule has 2 N–H and O–H groups in total. The highest BCUT2D eigenvalue weighted by Crippen LogP contribution is 2.17. The smallest absolute Gasteiger partial charge is 0.327 e. The van der Waals surface area contributed by atoms with Gasteiger partial charge < -0.3 is 5.11 Å². The summed E-state index contributed by atoms with van der Waals surface area (Å²) in [5, 5.41) is 11.8. The van der Waals surface area contributed by atoms with Crippen LogP contribution >= 0.6 is 0 Å². The second-order valence-electron chi connectivity index (χ2n) is 3.17. The molecule has 0 fully saturated rings. The number of aliphatic carboxylic acids is 1. The van der Waals surface area contributed by atoms with Crippen molar-refractivity contribution in [3.8, 4) is 0 Å². The molecule has 1 heterocycles. The Hall–Kier alpha value is -2.36. The van der Waals surface area contributed by atoms with E-state index >= 15 is 0 Å². The van der Waals surface area contributed by atoms with Crippen molar-refractivity contribution in [3.63, 3.8) is 0 Å². The SMILES string of the molecule is C1=Cc2ccccc2NN=C1.CC=CC(=O)O. The van der Waals surface area contributed by atoms with Crippen LogP contribution in [-0.2, 0) is 4.79 Å². The molecule has 0 radical (unpaired) electrons. The van der Waals surface area contributed by atoms with Gasteiger partial charge in [0.1, 0.15) is 0 Å². The van der Waals surface area contributed by atoms with Gasteiger partial charge in [-0.2, -0.15) is 5.10 Å². The number of fused-ring (bicyclic) bond motifs is 1. The topological polar surface area (TPSA) is 61.7 Å². The van der Waals surface area contributed by atoms with Gasteiger partial charge in [0.15, 0.2) is 0 Å². The van der Waals surface area contributed by atoms with Crippen molar-refractivity contribution >= 4 is 23.9 Å². The second kappa shape index (κ2) is 7.00. The number of hydrogen-bond acceptors (Lipinski definition) is 3. The van der Waals surface area contributed by atoms with Crippen LogP contribution in [0.3, 0.4) is 0 Å². The summed E-state index contributed by atoms with van der Waals surface area (Å²) in [4.78, 5) is 9.51. The van der Waals surface area contributed by atoms with Gasteiger partial charge in [-0.15, -0.1) is 0 Å². The van der Waals surface area contributed by atoms with Gasteiger partial charge in [0.05, 0.1) is 5.69 Å². The predicted molar refractivity (Wildman–Crippen MR) is 70.0 cm³/mol. The molecule has 0 aromatic heterocycles. The summed E-state index contributed by atoms with van der Waals surface area (Å²) in [6.45, 7) is 1.66. The van der Waals surface area contributed by atoms with Crippen molar-refractivity contribution in [1.29, 1.82) is 0 Å². The summed E-state index contributed by atoms with van der Waals surface area (Å²) < 4.78 is 0. The highest BCUT2D eigenvalue weighted by Gasteiger charge is 1.96. The van der Waals surface area contributed by atoms with Crippen molar-refractivity contribution < 1.29 is 9.90 Å². The minimum atomic E-state index is -0.891. The molecule has 0 saturated carbocycles. The normalized spacial score (nSPS) is 12.1. The maximum absolute atomic E-state index is 9.51. The number of nitrogens with one attached hydrogen (secondary N) is 1. The van der Waals surface area contributed by atoms with E-state index in [0.717, 1.165) is 11.8 Å². The summed E-state index contributed by atoms with van der Waals surface area (Å²) in [6, 6.07) is 8.05. The standard InChI is InChI=1S/C9H8N2.C4H6O2/c1-2-6-9-8(4-1)5-3-7-10-11-9;1-2-3-4(5)6/h1-7,11H;2-3H,1H3,(H,5,6). The highest BCUT2D eigenvalue weighted by molar-refractivity contribution is 5.83. The Bertz CT molecular complexity index is 462. The molecule has 0 atom stereocenters. The summed E-state index contributed by atoms with van der Waals surface area (Å²) in [6.07, 6.45) is 8.24. The molecule has 0 bridgehead atoms. The van der Waals surface area contributed by atoms with E-state index in [4.69, 9.17) is 5.11 Å². The van der Waals surface area contributed by atoms with E-state index < -0.39 is 5.97 Å². The molecule has 0 saturated heterocycles. The maximum Gasteiger partial charge on any atom is 0.327 e. The number of anilines is 1. The summed E-state index contributed by atoms with van der Waals surface area (Å²) in [5.74, 6) is -0.891. The zero-order valence-corrected chi connectivity index (χ0v) is 9.50. The van der Waals surface area contributed by atoms with Gasteiger partial charge in [0.2, 0.25) is 0 Å². The summed E-state index contributed by atoms with van der Waals surface area (Å²) in [5.41, 5.74) is 5.16. The lowest BCUT2D eigenvalue weighted by atomic mass is 10.2. The first-order valence-electron chi connectivity index (χ1n) is 5.14. The molecule has 4 heteroatoms. The number of benzene rings is 1. The Labute approximate surface area is 100.0 Å². The van der Waals surface area contributed by atoms with E-state index in [1.165, 1.54) is 11.6 Å². The molecule has 0 aliphatic carbocycles. The monoisotopic (exact) mass is 230 g/mol. The lowest BCUT2D eigenvalue weighted by Gasteiger charge is -2.00. The van der Waals surface area contributed by atoms with Crippen LogP contribution in [0.2, 0.25) is 0 Å². The quantitative estimate of drug-likeness (QED) is 0.729. The molecule has 1 aromatic rings. The first kappa shape index (κ1) is 12.7. The molecule has 1 aromatic carbocycles. The first-order chi connectivity index (χ1) is 8.24. The van der Waals surface area contributed by atoms with E-state index in [0.29, 0.717) is 0 Å². The molecular formula is C13H14N2O2. The third-order valence-electron chi connectivity index (χ3n) is 1.89. The number of carboxylic acids is 1. The van der Waals surface area contributed by atoms with Crippen LogP contribution in [0, 0.1) is 0 Å². The Morgan fingerprint density at radius 3 is 2.82 bits per heavy atom. The number of para-hydroxylation sites is 1. The molecule has 88 valence electrons. The lowest BCUT2D eigenvalue weighted by Crippen LogP contribution is -1.87. The van der Waals surface area contributed by atoms with Gasteiger partial charge in [0.25, 0.3) is 0 Å². The molecule has 17 heavy (non-hydrogen) atoms. The zero-order chi connectivity index (χ0) is 12.5. The first-order valence-corrected chi connectivity index (χ1v) is 5.14. The van der Waals surface area contributed by atoms with Crippen LogP contribution in [0.25, 0.3) is 6.08 Å². The molecule has 1 aliphatic heterocycles. The van der Waals surface area contributed by atoms with Crippen molar-refractivity contribution in [2.75, 3.05) is 5.43 Å². The lowest BCUT2D eigenvalue weighted by molar-refractivity contribution is -0.131. The average Bonchev–Trinajstić information content (AvgIpc) is 2.54. The number of carboxylic acid groups (broad SMARTS) is 1. The minimum absolute atomic E-state index is 0.891. The maximum atomic E-state index is 9.51. The van der Waals surface area contributed by atoms with Crippen molar-refractivity contribution in [1.82, 2.24) is 0 Å². The molecule has 2 rings (SSSR count). The van der Waals surface area contributed by atoms with Gasteiger partial charge in [0, 0.05) is 12.3 Å². The fourth-order valence-corrected chi connectivity index (χ4v) is 1.18. The highest BCUT2D eigenvalue weighted by atomic mass is 16.4. The van der Waals surface area contributed by atoms with Crippen molar-refractivity contribution in [2.24, 2.45) is 5.10 Å². The van der Waals surface area contributed by atoms with Gasteiger partial charge >= 0.3 is 5.97 Å². The van der Waals surface area contributed by atoms with Gasteiger partial charge in [-0.1, -0.05) is 30.4 Å². The number of carbonyl (C=O) groups is 1. The van der Waals surface area contributed by atoms with Gasteiger partial charge in [-0.05, 0) is 24.6 Å². The fourth-order valence-electron chi connectivity index (χ4n) is 1.18. The Morgan fingerprint density at radius 1 is 1.41 bits per heavy atom. The van der Waals surface area contributed by atoms with Gasteiger partial charge in [-0.25, -0.2) is 4.79 Å². The van der Waals surface area contributed by atoms with Gasteiger partial charge in [-0.3, -0.25) is 5.43 Å². The fraction of sp³-hybridized carbons (Fsp3) is 0.0769. The Kier molecular flexibility index (Phi) is 5.24. The van der Waals surface area contributed by atoms with Crippen LogP contribution in [0.15, 0.2) is 47.6 Å². The van der Waals surface area contributed by atoms with Crippen LogP contribution in [-0.4, -0.2) is 17.3 Å². The van der Waals surface area contributed by atoms with E-state index in [2.05, 4.69) is 10.5 Å². The van der Waals surface area contributed by atoms with E-state index in [-0.39, 0.29) is 0 Å². The van der Waals surface area contributed by atoms with E-state index in [1.54, 1.807) is 13.1 Å². The minimum Gasteiger partial charge on any atom is -0.478 e. The van der Waals surface area contributed by atoms with Crippen molar-refractivity contribution in [2.45, 2.75) is 6.92 Å². The number of nitrogens with zero attached hydrogens (tertiary/aromatic N) is 1. The van der Waals surface area contributed by atoms with Crippen LogP contribution in [0.5, 0.6) is 0 Å². The Morgan fingerprint density at radius 2 is 2.18 bits per heavy atom. The molecule has 4 nitrogen and oxygen atoms in total. The molecule has 0 amide bonds. The molecule has 1 aliphatic rings. The number of hydrogen-bond donors (Lipinski definition) is 2. The zero-order valence-electron chi connectivity index (χ0n) is 9.50. The molecule has 0 unspecified atom stereocenters. The number of rotatable bonds is 1. The second-order valence-corrected chi connectivity index (χ2v) is 3.17. The van der Waals surface area contributed by atoms with Crippen LogP contribution in [0.4, 0.5) is 5.69 Å². The van der Waals surface area contributed by atoms with E-state index in [9.17, 15) is 4.79 Å². The third-order valence-corrected chi connectivity index (χ3v) is 1.89. The average molecular weight is 230 g/mol. The molecule has 0 spiro atoms. The van der Waals surface area contributed by atoms with Crippen molar-refractivity contribution in [3.05, 3.63) is 48.1 Å². The Balaban J connectivity index is 0.000000209. The predicted octanol–water partition coefficient (Wildman–Crippen LogP) is 2.76. The number of allylic oxidation sites excluding steroid dienone is 2. The third kappa shape index (κ3) is 4.79. The van der Waals surface area contributed by atoms with Crippen LogP contribution < -0.4 is 5.43 Å². The van der Waals surface area contributed by atoms with Crippen LogP contribution in [0.1, 0.15) is 12.5 Å².